The topological polar surface area (TPSA) is 32.7 Å². The molecule has 1 N–H and O–H groups in total. The van der Waals surface area contributed by atoms with Crippen molar-refractivity contribution in [3.8, 4) is 5.75 Å². The molecule has 1 aliphatic rings. The predicted octanol–water partition coefficient (Wildman–Crippen LogP) is 2.98. The molecule has 3 heteroatoms. The number of rotatable bonds is 6. The largest absolute Gasteiger partial charge is 0.496 e. The van der Waals surface area contributed by atoms with Crippen molar-refractivity contribution in [2.45, 2.75) is 32.8 Å². The molecule has 1 unspecified atom stereocenters. The summed E-state index contributed by atoms with van der Waals surface area (Å²) in [6, 6.07) is 5.99. The predicted molar refractivity (Wildman–Crippen MR) is 74.2 cm³/mol. The van der Waals surface area contributed by atoms with Crippen LogP contribution in [0.4, 0.5) is 5.69 Å². The van der Waals surface area contributed by atoms with Crippen molar-refractivity contribution in [2.24, 2.45) is 5.92 Å². The van der Waals surface area contributed by atoms with Crippen LogP contribution in [0.1, 0.15) is 38.4 Å². The van der Waals surface area contributed by atoms with Crippen LogP contribution in [-0.2, 0) is 0 Å². The molecule has 1 atom stereocenters. The first-order valence-corrected chi connectivity index (χ1v) is 6.77. The molecular formula is C15H23NO2. The third-order valence-corrected chi connectivity index (χ3v) is 3.58. The number of ether oxygens (including phenoxy) is 1. The van der Waals surface area contributed by atoms with Crippen molar-refractivity contribution >= 4 is 5.69 Å². The summed E-state index contributed by atoms with van der Waals surface area (Å²) >= 11 is 0. The van der Waals surface area contributed by atoms with Crippen molar-refractivity contribution < 1.29 is 9.84 Å². The normalized spacial score (nSPS) is 16.4. The first-order valence-electron chi connectivity index (χ1n) is 6.77. The average molecular weight is 249 g/mol. The molecule has 0 radical (unpaired) electrons. The number of benzene rings is 1. The molecule has 1 saturated carbocycles. The SMILES string of the molecule is CCN(CC1CC1)c1cccc(OC)c1C(C)O. The van der Waals surface area contributed by atoms with E-state index in [2.05, 4.69) is 17.9 Å². The minimum Gasteiger partial charge on any atom is -0.496 e. The highest BCUT2D eigenvalue weighted by atomic mass is 16.5. The Hall–Kier alpha value is -1.22. The molecule has 0 aliphatic heterocycles. The zero-order valence-electron chi connectivity index (χ0n) is 11.5. The molecule has 0 heterocycles. The fraction of sp³-hybridized carbons (Fsp3) is 0.600. The molecule has 0 amide bonds. The van der Waals surface area contributed by atoms with Crippen LogP contribution >= 0.6 is 0 Å². The monoisotopic (exact) mass is 249 g/mol. The first kappa shape index (κ1) is 13.2. The summed E-state index contributed by atoms with van der Waals surface area (Å²) in [5, 5.41) is 10.0. The lowest BCUT2D eigenvalue weighted by Crippen LogP contribution is -2.26. The summed E-state index contributed by atoms with van der Waals surface area (Å²) in [7, 11) is 1.65. The lowest BCUT2D eigenvalue weighted by Gasteiger charge is -2.27. The Morgan fingerprint density at radius 2 is 2.17 bits per heavy atom. The van der Waals surface area contributed by atoms with Gasteiger partial charge in [0.05, 0.1) is 13.2 Å². The highest BCUT2D eigenvalue weighted by molar-refractivity contribution is 5.60. The Bertz CT molecular complexity index is 399. The van der Waals surface area contributed by atoms with Crippen LogP contribution in [0.5, 0.6) is 5.75 Å². The van der Waals surface area contributed by atoms with Gasteiger partial charge in [-0.1, -0.05) is 6.07 Å². The number of methoxy groups -OCH3 is 1. The standard InChI is InChI=1S/C15H23NO2/c1-4-16(10-12-8-9-12)13-6-5-7-14(18-3)15(13)11(2)17/h5-7,11-12,17H,4,8-10H2,1-3H3. The molecule has 0 spiro atoms. The molecule has 0 aromatic heterocycles. The number of hydrogen-bond donors (Lipinski definition) is 1. The number of aliphatic hydroxyl groups is 1. The number of anilines is 1. The van der Waals surface area contributed by atoms with E-state index in [0.29, 0.717) is 0 Å². The summed E-state index contributed by atoms with van der Waals surface area (Å²) in [5.41, 5.74) is 2.02. The molecule has 18 heavy (non-hydrogen) atoms. The van der Waals surface area contributed by atoms with E-state index < -0.39 is 6.10 Å². The van der Waals surface area contributed by atoms with Crippen LogP contribution in [0.2, 0.25) is 0 Å². The van der Waals surface area contributed by atoms with Crippen molar-refractivity contribution in [3.63, 3.8) is 0 Å². The molecular weight excluding hydrogens is 226 g/mol. The van der Waals surface area contributed by atoms with Crippen LogP contribution in [0.25, 0.3) is 0 Å². The van der Waals surface area contributed by atoms with Crippen LogP contribution in [0, 0.1) is 5.92 Å². The third-order valence-electron chi connectivity index (χ3n) is 3.58. The van der Waals surface area contributed by atoms with Gasteiger partial charge in [-0.25, -0.2) is 0 Å². The van der Waals surface area contributed by atoms with Gasteiger partial charge in [-0.3, -0.25) is 0 Å². The number of aliphatic hydroxyl groups excluding tert-OH is 1. The quantitative estimate of drug-likeness (QED) is 0.841. The smallest absolute Gasteiger partial charge is 0.126 e. The number of nitrogens with zero attached hydrogens (tertiary/aromatic N) is 1. The third kappa shape index (κ3) is 2.78. The lowest BCUT2D eigenvalue weighted by atomic mass is 10.1. The van der Waals surface area contributed by atoms with Gasteiger partial charge in [-0.2, -0.15) is 0 Å². The maximum absolute atomic E-state index is 10.0. The van der Waals surface area contributed by atoms with Gasteiger partial charge in [0, 0.05) is 24.3 Å². The van der Waals surface area contributed by atoms with E-state index in [9.17, 15) is 5.11 Å². The second-order valence-corrected chi connectivity index (χ2v) is 5.05. The summed E-state index contributed by atoms with van der Waals surface area (Å²) in [6.45, 7) is 6.01. The zero-order valence-corrected chi connectivity index (χ0v) is 11.5. The van der Waals surface area contributed by atoms with Gasteiger partial charge < -0.3 is 14.7 Å². The molecule has 100 valence electrons. The highest BCUT2D eigenvalue weighted by Crippen LogP contribution is 2.37. The summed E-state index contributed by atoms with van der Waals surface area (Å²) < 4.78 is 5.38. The van der Waals surface area contributed by atoms with Gasteiger partial charge >= 0.3 is 0 Å². The zero-order chi connectivity index (χ0) is 13.1. The van der Waals surface area contributed by atoms with Gasteiger partial charge in [0.25, 0.3) is 0 Å². The van der Waals surface area contributed by atoms with E-state index in [1.807, 2.05) is 12.1 Å². The van der Waals surface area contributed by atoms with E-state index in [0.717, 1.165) is 36.0 Å². The Morgan fingerprint density at radius 3 is 2.67 bits per heavy atom. The Morgan fingerprint density at radius 1 is 1.44 bits per heavy atom. The van der Waals surface area contributed by atoms with E-state index >= 15 is 0 Å². The molecule has 1 aromatic rings. The van der Waals surface area contributed by atoms with Crippen LogP contribution < -0.4 is 9.64 Å². The molecule has 1 aromatic carbocycles. The highest BCUT2D eigenvalue weighted by Gasteiger charge is 2.26. The van der Waals surface area contributed by atoms with Crippen molar-refractivity contribution in [2.75, 3.05) is 25.1 Å². The molecule has 0 bridgehead atoms. The minimum absolute atomic E-state index is 0.510. The Balaban J connectivity index is 2.33. The van der Waals surface area contributed by atoms with Gasteiger partial charge in [0.1, 0.15) is 5.75 Å². The van der Waals surface area contributed by atoms with Crippen molar-refractivity contribution in [1.82, 2.24) is 0 Å². The molecule has 2 rings (SSSR count). The van der Waals surface area contributed by atoms with E-state index in [1.54, 1.807) is 14.0 Å². The van der Waals surface area contributed by atoms with Crippen molar-refractivity contribution in [1.29, 1.82) is 0 Å². The molecule has 1 aliphatic carbocycles. The molecule has 3 nitrogen and oxygen atoms in total. The Kier molecular flexibility index (Phi) is 4.12. The fourth-order valence-electron chi connectivity index (χ4n) is 2.42. The van der Waals surface area contributed by atoms with Crippen LogP contribution in [-0.4, -0.2) is 25.3 Å². The summed E-state index contributed by atoms with van der Waals surface area (Å²) in [6.07, 6.45) is 2.17. The van der Waals surface area contributed by atoms with E-state index in [4.69, 9.17) is 4.74 Å². The van der Waals surface area contributed by atoms with Gasteiger partial charge in [0.2, 0.25) is 0 Å². The lowest BCUT2D eigenvalue weighted by molar-refractivity contribution is 0.194. The maximum atomic E-state index is 10.0. The maximum Gasteiger partial charge on any atom is 0.126 e. The second kappa shape index (κ2) is 5.61. The van der Waals surface area contributed by atoms with Gasteiger partial charge in [-0.15, -0.1) is 0 Å². The van der Waals surface area contributed by atoms with Gasteiger partial charge in [-0.05, 0) is 44.7 Å². The summed E-state index contributed by atoms with van der Waals surface area (Å²) in [4.78, 5) is 2.35. The van der Waals surface area contributed by atoms with Crippen molar-refractivity contribution in [3.05, 3.63) is 23.8 Å². The van der Waals surface area contributed by atoms with Crippen LogP contribution in [0.15, 0.2) is 18.2 Å². The first-order chi connectivity index (χ1) is 8.67. The second-order valence-electron chi connectivity index (χ2n) is 5.05. The van der Waals surface area contributed by atoms with E-state index in [1.165, 1.54) is 12.8 Å². The average Bonchev–Trinajstić information content (AvgIpc) is 3.18. The molecule has 1 fully saturated rings. The van der Waals surface area contributed by atoms with E-state index in [-0.39, 0.29) is 0 Å². The fourth-order valence-corrected chi connectivity index (χ4v) is 2.42. The van der Waals surface area contributed by atoms with Crippen LogP contribution in [0.3, 0.4) is 0 Å². The number of hydrogen-bond acceptors (Lipinski definition) is 3. The summed E-state index contributed by atoms with van der Waals surface area (Å²) in [5.74, 6) is 1.61. The van der Waals surface area contributed by atoms with Gasteiger partial charge in [0.15, 0.2) is 0 Å². The molecule has 0 saturated heterocycles. The Labute approximate surface area is 109 Å². The minimum atomic E-state index is -0.510.